The average molecular weight is 473 g/mol. The molecule has 0 N–H and O–H groups in total. The number of likely N-dealkylation sites (tertiary alicyclic amines) is 1. The zero-order chi connectivity index (χ0) is 23.5. The van der Waals surface area contributed by atoms with Crippen molar-refractivity contribution >= 4 is 22.9 Å². The molecule has 0 saturated carbocycles. The van der Waals surface area contributed by atoms with E-state index in [0.717, 1.165) is 24.1 Å². The van der Waals surface area contributed by atoms with Crippen LogP contribution in [0.15, 0.2) is 78.2 Å². The Bertz CT molecular complexity index is 1290. The highest BCUT2D eigenvalue weighted by atomic mass is 32.1. The normalized spacial score (nSPS) is 14.3. The lowest BCUT2D eigenvalue weighted by Gasteiger charge is -2.32. The molecule has 2 aromatic carbocycles. The third-order valence-electron chi connectivity index (χ3n) is 6.26. The molecule has 1 amide bonds. The summed E-state index contributed by atoms with van der Waals surface area (Å²) in [5.74, 6) is 0.454. The molecule has 1 fully saturated rings. The van der Waals surface area contributed by atoms with Gasteiger partial charge < -0.3 is 4.90 Å². The van der Waals surface area contributed by atoms with Gasteiger partial charge in [-0.1, -0.05) is 42.5 Å². The predicted molar refractivity (Wildman–Crippen MR) is 132 cm³/mol. The lowest BCUT2D eigenvalue weighted by Crippen LogP contribution is -2.39. The van der Waals surface area contributed by atoms with E-state index in [4.69, 9.17) is 0 Å². The first-order valence-corrected chi connectivity index (χ1v) is 12.2. The topological polar surface area (TPSA) is 81.3 Å². The monoisotopic (exact) mass is 472 g/mol. The highest BCUT2D eigenvalue weighted by molar-refractivity contribution is 7.13. The van der Waals surface area contributed by atoms with Crippen LogP contribution in [0.1, 0.15) is 28.9 Å². The Hall–Kier alpha value is -3.78. The number of hydrogen-bond acceptors (Lipinski definition) is 5. The second-order valence-corrected chi connectivity index (χ2v) is 9.45. The van der Waals surface area contributed by atoms with E-state index in [2.05, 4.69) is 29.4 Å². The number of nitro benzene ring substituents is 1. The Labute approximate surface area is 201 Å². The van der Waals surface area contributed by atoms with Gasteiger partial charge in [-0.15, -0.1) is 11.3 Å². The van der Waals surface area contributed by atoms with Gasteiger partial charge in [0, 0.05) is 25.2 Å². The van der Waals surface area contributed by atoms with Crippen molar-refractivity contribution in [1.82, 2.24) is 14.7 Å². The summed E-state index contributed by atoms with van der Waals surface area (Å²) >= 11 is 1.54. The molecule has 0 unspecified atom stereocenters. The van der Waals surface area contributed by atoms with Crippen LogP contribution in [-0.4, -0.2) is 38.6 Å². The summed E-state index contributed by atoms with van der Waals surface area (Å²) in [6, 6.07) is 22.4. The number of amides is 1. The van der Waals surface area contributed by atoms with Crippen molar-refractivity contribution in [1.29, 1.82) is 0 Å². The SMILES string of the molecule is O=C(c1cc(-c2cccs2)nn1-c1cccc([N+](=O)[O-])c1)N1CCC(Cc2ccccc2)CC1. The Morgan fingerprint density at radius 2 is 1.82 bits per heavy atom. The Balaban J connectivity index is 1.40. The molecule has 2 aromatic heterocycles. The molecule has 3 heterocycles. The van der Waals surface area contributed by atoms with Gasteiger partial charge in [0.1, 0.15) is 11.4 Å². The molecular formula is C26H24N4O3S. The fourth-order valence-electron chi connectivity index (χ4n) is 4.46. The second kappa shape index (κ2) is 9.61. The molecule has 7 nitrogen and oxygen atoms in total. The van der Waals surface area contributed by atoms with Crippen LogP contribution < -0.4 is 0 Å². The van der Waals surface area contributed by atoms with Gasteiger partial charge in [0.2, 0.25) is 0 Å². The molecule has 0 aliphatic carbocycles. The van der Waals surface area contributed by atoms with Gasteiger partial charge in [-0.2, -0.15) is 5.10 Å². The van der Waals surface area contributed by atoms with Crippen molar-refractivity contribution in [2.75, 3.05) is 13.1 Å². The maximum absolute atomic E-state index is 13.6. The van der Waals surface area contributed by atoms with Gasteiger partial charge in [-0.05, 0) is 54.3 Å². The average Bonchev–Trinajstić information content (AvgIpc) is 3.55. The van der Waals surface area contributed by atoms with Crippen molar-refractivity contribution in [3.63, 3.8) is 0 Å². The summed E-state index contributed by atoms with van der Waals surface area (Å²) < 4.78 is 1.54. The number of aromatic nitrogens is 2. The van der Waals surface area contributed by atoms with Gasteiger partial charge >= 0.3 is 0 Å². The van der Waals surface area contributed by atoms with Crippen molar-refractivity contribution in [2.24, 2.45) is 5.92 Å². The van der Waals surface area contributed by atoms with Gasteiger partial charge in [0.05, 0.1) is 15.5 Å². The molecule has 1 saturated heterocycles. The fraction of sp³-hybridized carbons (Fsp3) is 0.231. The summed E-state index contributed by atoms with van der Waals surface area (Å²) in [5.41, 5.74) is 2.90. The second-order valence-electron chi connectivity index (χ2n) is 8.51. The summed E-state index contributed by atoms with van der Waals surface area (Å²) in [7, 11) is 0. The first-order valence-electron chi connectivity index (χ1n) is 11.3. The molecule has 1 aliphatic heterocycles. The van der Waals surface area contributed by atoms with E-state index >= 15 is 0 Å². The van der Waals surface area contributed by atoms with Crippen molar-refractivity contribution < 1.29 is 9.72 Å². The van der Waals surface area contributed by atoms with Crippen molar-refractivity contribution in [2.45, 2.75) is 19.3 Å². The van der Waals surface area contributed by atoms with Crippen molar-refractivity contribution in [3.8, 4) is 16.3 Å². The number of carbonyl (C=O) groups is 1. The molecule has 34 heavy (non-hydrogen) atoms. The number of carbonyl (C=O) groups excluding carboxylic acids is 1. The van der Waals surface area contributed by atoms with Gasteiger partial charge in [0.15, 0.2) is 0 Å². The van der Waals surface area contributed by atoms with E-state index < -0.39 is 4.92 Å². The van der Waals surface area contributed by atoms with E-state index in [0.29, 0.717) is 36.1 Å². The van der Waals surface area contributed by atoms with Crippen molar-refractivity contribution in [3.05, 3.63) is 99.5 Å². The first kappa shape index (κ1) is 22.0. The minimum absolute atomic E-state index is 0.0363. The number of thiophene rings is 1. The van der Waals surface area contributed by atoms with Gasteiger partial charge in [-0.3, -0.25) is 14.9 Å². The molecule has 8 heteroatoms. The third kappa shape index (κ3) is 4.63. The molecule has 0 atom stereocenters. The zero-order valence-corrected chi connectivity index (χ0v) is 19.4. The van der Waals surface area contributed by atoms with Crippen LogP contribution >= 0.6 is 11.3 Å². The van der Waals surface area contributed by atoms with Gasteiger partial charge in [-0.25, -0.2) is 4.68 Å². The maximum atomic E-state index is 13.6. The summed E-state index contributed by atoms with van der Waals surface area (Å²) in [4.78, 5) is 27.3. The number of rotatable bonds is 6. The fourth-order valence-corrected chi connectivity index (χ4v) is 5.14. The van der Waals surface area contributed by atoms with Crippen LogP contribution in [-0.2, 0) is 6.42 Å². The molecule has 172 valence electrons. The van der Waals surface area contributed by atoms with E-state index in [1.807, 2.05) is 28.5 Å². The summed E-state index contributed by atoms with van der Waals surface area (Å²) in [6.45, 7) is 1.37. The summed E-state index contributed by atoms with van der Waals surface area (Å²) in [6.07, 6.45) is 2.92. The minimum atomic E-state index is -0.438. The smallest absolute Gasteiger partial charge is 0.272 e. The quantitative estimate of drug-likeness (QED) is 0.270. The molecule has 0 spiro atoms. The largest absolute Gasteiger partial charge is 0.337 e. The van der Waals surface area contributed by atoms with Crippen LogP contribution in [0.25, 0.3) is 16.3 Å². The number of non-ortho nitro benzene ring substituents is 1. The van der Waals surface area contributed by atoms with Gasteiger partial charge in [0.25, 0.3) is 11.6 Å². The minimum Gasteiger partial charge on any atom is -0.337 e. The lowest BCUT2D eigenvalue weighted by molar-refractivity contribution is -0.384. The Morgan fingerprint density at radius 1 is 1.03 bits per heavy atom. The Kier molecular flexibility index (Phi) is 6.22. The van der Waals surface area contributed by atoms with Crippen LogP contribution in [0.3, 0.4) is 0 Å². The van der Waals surface area contributed by atoms with Crippen LogP contribution in [0.2, 0.25) is 0 Å². The van der Waals surface area contributed by atoms with E-state index in [-0.39, 0.29) is 11.6 Å². The molecule has 0 radical (unpaired) electrons. The predicted octanol–water partition coefficient (Wildman–Crippen LogP) is 5.60. The zero-order valence-electron chi connectivity index (χ0n) is 18.5. The number of nitrogens with zero attached hydrogens (tertiary/aromatic N) is 4. The van der Waals surface area contributed by atoms with Crippen LogP contribution in [0.5, 0.6) is 0 Å². The standard InChI is InChI=1S/C26H24N4O3S/c31-26(28-13-11-20(12-14-28)16-19-6-2-1-3-7-19)24-18-23(25-10-5-15-34-25)27-29(24)21-8-4-9-22(17-21)30(32)33/h1-10,15,17-18,20H,11-14,16H2. The molecule has 5 rings (SSSR count). The number of nitro groups is 1. The molecule has 4 aromatic rings. The molecule has 1 aliphatic rings. The Morgan fingerprint density at radius 3 is 2.53 bits per heavy atom. The highest BCUT2D eigenvalue weighted by Crippen LogP contribution is 2.29. The van der Waals surface area contributed by atoms with E-state index in [1.165, 1.54) is 17.7 Å². The number of benzene rings is 2. The molecule has 0 bridgehead atoms. The number of piperidine rings is 1. The van der Waals surface area contributed by atoms with E-state index in [9.17, 15) is 14.9 Å². The highest BCUT2D eigenvalue weighted by Gasteiger charge is 2.27. The van der Waals surface area contributed by atoms with E-state index in [1.54, 1.807) is 34.2 Å². The maximum Gasteiger partial charge on any atom is 0.272 e. The third-order valence-corrected chi connectivity index (χ3v) is 7.15. The first-order chi connectivity index (χ1) is 16.6. The van der Waals surface area contributed by atoms with Crippen LogP contribution in [0, 0.1) is 16.0 Å². The lowest BCUT2D eigenvalue weighted by atomic mass is 9.90. The van der Waals surface area contributed by atoms with Crippen LogP contribution in [0.4, 0.5) is 5.69 Å². The number of hydrogen-bond donors (Lipinski definition) is 0. The summed E-state index contributed by atoms with van der Waals surface area (Å²) in [5, 5.41) is 17.9. The molecular weight excluding hydrogens is 448 g/mol.